The molecule has 0 heterocycles. The number of carbonyl (C=O) groups excluding carboxylic acids is 1. The van der Waals surface area contributed by atoms with Crippen molar-refractivity contribution >= 4 is 25.2 Å². The van der Waals surface area contributed by atoms with Gasteiger partial charge in [-0.05, 0) is 35.1 Å². The van der Waals surface area contributed by atoms with Crippen LogP contribution in [-0.4, -0.2) is 19.7 Å². The number of hydrogen-bond donors (Lipinski definition) is 0. The Morgan fingerprint density at radius 2 is 1.35 bits per heavy atom. The lowest BCUT2D eigenvalue weighted by atomic mass is 10.3. The molecule has 0 N–H and O–H groups in total. The molecule has 0 aromatic heterocycles. The Morgan fingerprint density at radius 1 is 1.00 bits per heavy atom. The van der Waals surface area contributed by atoms with Gasteiger partial charge in [-0.2, -0.15) is 0 Å². The molecule has 0 rings (SSSR count). The van der Waals surface area contributed by atoms with E-state index in [0.717, 1.165) is 0 Å². The molecule has 2 nitrogen and oxygen atoms in total. The molecule has 0 aliphatic rings. The molecule has 0 amide bonds. The maximum absolute atomic E-state index is 11.0. The highest BCUT2D eigenvalue weighted by Gasteiger charge is 2.46. The van der Waals surface area contributed by atoms with Gasteiger partial charge in [-0.1, -0.05) is 41.5 Å². The minimum Gasteiger partial charge on any atom is -0.413 e. The molecule has 102 valence electrons. The molecule has 0 spiro atoms. The molecule has 4 heteroatoms. The van der Waals surface area contributed by atoms with Crippen molar-refractivity contribution < 1.29 is 9.22 Å². The molecule has 0 aromatic carbocycles. The second-order valence-corrected chi connectivity index (χ2v) is 11.6. The van der Waals surface area contributed by atoms with Gasteiger partial charge in [-0.15, -0.1) is 0 Å². The van der Waals surface area contributed by atoms with Crippen molar-refractivity contribution in [3.05, 3.63) is 0 Å². The third-order valence-electron chi connectivity index (χ3n) is 3.56. The standard InChI is InChI=1S/C13H27ClO2Si/c1-9(2)17(10(3)4,11(5)6)16-12(7)8-13(14)15/h9-12H,8H2,1-7H3/t12-/m1/s1. The van der Waals surface area contributed by atoms with Crippen LogP contribution in [0.15, 0.2) is 0 Å². The SMILES string of the molecule is CC(C)[Si](O[C@H](C)CC(=O)Cl)(C(C)C)C(C)C. The molecule has 0 aliphatic heterocycles. The molecular formula is C13H27ClO2Si. The monoisotopic (exact) mass is 278 g/mol. The maximum atomic E-state index is 11.0. The van der Waals surface area contributed by atoms with Gasteiger partial charge < -0.3 is 4.43 Å². The molecule has 0 bridgehead atoms. The van der Waals surface area contributed by atoms with E-state index in [1.54, 1.807) is 0 Å². The molecule has 0 aromatic rings. The van der Waals surface area contributed by atoms with E-state index in [1.165, 1.54) is 0 Å². The van der Waals surface area contributed by atoms with Crippen LogP contribution < -0.4 is 0 Å². The van der Waals surface area contributed by atoms with Crippen molar-refractivity contribution in [3.63, 3.8) is 0 Å². The summed E-state index contributed by atoms with van der Waals surface area (Å²) in [6.07, 6.45) is 0.238. The van der Waals surface area contributed by atoms with Gasteiger partial charge in [0.05, 0.1) is 6.10 Å². The molecule has 0 fully saturated rings. The predicted molar refractivity (Wildman–Crippen MR) is 77.1 cm³/mol. The second-order valence-electron chi connectivity index (χ2n) is 5.81. The summed E-state index contributed by atoms with van der Waals surface area (Å²) >= 11 is 5.44. The normalized spacial score (nSPS) is 14.8. The highest BCUT2D eigenvalue weighted by molar-refractivity contribution is 6.77. The van der Waals surface area contributed by atoms with Gasteiger partial charge in [0.1, 0.15) is 0 Å². The molecule has 0 radical (unpaired) electrons. The molecule has 1 atom stereocenters. The molecule has 0 saturated heterocycles. The van der Waals surface area contributed by atoms with Gasteiger partial charge in [0.25, 0.3) is 0 Å². The molecule has 0 aliphatic carbocycles. The van der Waals surface area contributed by atoms with Crippen molar-refractivity contribution in [3.8, 4) is 0 Å². The number of halogens is 1. The average molecular weight is 279 g/mol. The van der Waals surface area contributed by atoms with E-state index in [-0.39, 0.29) is 11.3 Å². The summed E-state index contributed by atoms with van der Waals surface area (Å²) in [5.74, 6) is 0. The third kappa shape index (κ3) is 4.38. The van der Waals surface area contributed by atoms with Crippen LogP contribution >= 0.6 is 11.6 Å². The average Bonchev–Trinajstić information content (AvgIpc) is 2.10. The minimum absolute atomic E-state index is 0.0705. The van der Waals surface area contributed by atoms with E-state index in [9.17, 15) is 4.79 Å². The van der Waals surface area contributed by atoms with E-state index in [0.29, 0.717) is 23.0 Å². The van der Waals surface area contributed by atoms with Gasteiger partial charge in [0, 0.05) is 6.42 Å². The van der Waals surface area contributed by atoms with Crippen molar-refractivity contribution in [2.45, 2.75) is 77.6 Å². The Morgan fingerprint density at radius 3 is 1.59 bits per heavy atom. The van der Waals surface area contributed by atoms with Crippen LogP contribution in [0.1, 0.15) is 54.9 Å². The lowest BCUT2D eigenvalue weighted by Crippen LogP contribution is -2.49. The first kappa shape index (κ1) is 17.1. The van der Waals surface area contributed by atoms with Crippen LogP contribution in [0, 0.1) is 0 Å². The Kier molecular flexibility index (Phi) is 6.96. The van der Waals surface area contributed by atoms with Gasteiger partial charge in [0.2, 0.25) is 13.6 Å². The Balaban J connectivity index is 4.98. The first-order valence-electron chi connectivity index (χ1n) is 6.50. The van der Waals surface area contributed by atoms with Gasteiger partial charge in [-0.3, -0.25) is 4.79 Å². The predicted octanol–water partition coefficient (Wildman–Crippen LogP) is 4.72. The highest BCUT2D eigenvalue weighted by Crippen LogP contribution is 2.43. The molecular weight excluding hydrogens is 252 g/mol. The molecule has 0 saturated carbocycles. The Hall–Kier alpha value is 0.137. The van der Waals surface area contributed by atoms with Crippen LogP contribution in [-0.2, 0) is 9.22 Å². The first-order chi connectivity index (χ1) is 7.64. The largest absolute Gasteiger partial charge is 0.413 e. The zero-order valence-electron chi connectivity index (χ0n) is 12.2. The summed E-state index contributed by atoms with van der Waals surface area (Å²) in [5.41, 5.74) is 1.61. The Bertz CT molecular complexity index is 230. The van der Waals surface area contributed by atoms with Crippen LogP contribution in [0.5, 0.6) is 0 Å². The van der Waals surface area contributed by atoms with Gasteiger partial charge >= 0.3 is 0 Å². The summed E-state index contributed by atoms with van der Waals surface area (Å²) in [6.45, 7) is 15.4. The number of carbonyl (C=O) groups is 1. The third-order valence-corrected chi connectivity index (χ3v) is 9.94. The van der Waals surface area contributed by atoms with Gasteiger partial charge in [0.15, 0.2) is 0 Å². The fourth-order valence-electron chi connectivity index (χ4n) is 3.02. The van der Waals surface area contributed by atoms with Crippen molar-refractivity contribution in [2.24, 2.45) is 0 Å². The number of hydrogen-bond acceptors (Lipinski definition) is 2. The maximum Gasteiger partial charge on any atom is 0.224 e. The lowest BCUT2D eigenvalue weighted by Gasteiger charge is -2.44. The van der Waals surface area contributed by atoms with Gasteiger partial charge in [-0.25, -0.2) is 0 Å². The first-order valence-corrected chi connectivity index (χ1v) is 9.02. The number of rotatable bonds is 7. The summed E-state index contributed by atoms with van der Waals surface area (Å²) in [5, 5.41) is -0.309. The van der Waals surface area contributed by atoms with Crippen molar-refractivity contribution in [1.29, 1.82) is 0 Å². The highest BCUT2D eigenvalue weighted by atomic mass is 35.5. The summed E-state index contributed by atoms with van der Waals surface area (Å²) in [6, 6.07) is 0. The van der Waals surface area contributed by atoms with Crippen LogP contribution in [0.25, 0.3) is 0 Å². The van der Waals surface area contributed by atoms with Crippen LogP contribution in [0.4, 0.5) is 0 Å². The fourth-order valence-corrected chi connectivity index (χ4v) is 8.84. The zero-order valence-corrected chi connectivity index (χ0v) is 14.0. The second kappa shape index (κ2) is 6.91. The van der Waals surface area contributed by atoms with E-state index < -0.39 is 8.32 Å². The smallest absolute Gasteiger partial charge is 0.224 e. The van der Waals surface area contributed by atoms with Crippen molar-refractivity contribution in [2.75, 3.05) is 0 Å². The quantitative estimate of drug-likeness (QED) is 0.497. The van der Waals surface area contributed by atoms with E-state index >= 15 is 0 Å². The van der Waals surface area contributed by atoms with E-state index in [1.807, 2.05) is 6.92 Å². The molecule has 17 heavy (non-hydrogen) atoms. The van der Waals surface area contributed by atoms with Crippen molar-refractivity contribution in [1.82, 2.24) is 0 Å². The summed E-state index contributed by atoms with van der Waals surface area (Å²) < 4.78 is 6.37. The zero-order chi connectivity index (χ0) is 13.8. The lowest BCUT2D eigenvalue weighted by molar-refractivity contribution is -0.113. The Labute approximate surface area is 112 Å². The fraction of sp³-hybridized carbons (Fsp3) is 0.923. The minimum atomic E-state index is -1.87. The van der Waals surface area contributed by atoms with E-state index in [2.05, 4.69) is 41.5 Å². The topological polar surface area (TPSA) is 26.3 Å². The molecule has 0 unspecified atom stereocenters. The summed E-state index contributed by atoms with van der Waals surface area (Å²) in [4.78, 5) is 11.0. The van der Waals surface area contributed by atoms with E-state index in [4.69, 9.17) is 16.0 Å². The summed E-state index contributed by atoms with van der Waals surface area (Å²) in [7, 11) is -1.87. The van der Waals surface area contributed by atoms with Crippen LogP contribution in [0.3, 0.4) is 0 Å². The van der Waals surface area contributed by atoms with Crippen LogP contribution in [0.2, 0.25) is 16.6 Å².